The summed E-state index contributed by atoms with van der Waals surface area (Å²) < 4.78 is 0. The summed E-state index contributed by atoms with van der Waals surface area (Å²) >= 11 is 1.89. The fourth-order valence-electron chi connectivity index (χ4n) is 3.09. The van der Waals surface area contributed by atoms with Gasteiger partial charge in [0.15, 0.2) is 0 Å². The van der Waals surface area contributed by atoms with Gasteiger partial charge < -0.3 is 10.4 Å². The Hall–Kier alpha value is -0.220. The van der Waals surface area contributed by atoms with Crippen LogP contribution in [0.4, 0.5) is 0 Å². The molecule has 0 bridgehead atoms. The Balaban J connectivity index is 1.91. The first-order valence-electron chi connectivity index (χ1n) is 7.12. The highest BCUT2D eigenvalue weighted by molar-refractivity contribution is 8.00. The van der Waals surface area contributed by atoms with Gasteiger partial charge in [0.2, 0.25) is 0 Å². The van der Waals surface area contributed by atoms with Gasteiger partial charge in [0.1, 0.15) is 5.54 Å². The van der Waals surface area contributed by atoms with Crippen molar-refractivity contribution in [2.75, 3.05) is 12.8 Å². The zero-order valence-electron chi connectivity index (χ0n) is 11.4. The summed E-state index contributed by atoms with van der Waals surface area (Å²) in [4.78, 5) is 11.6. The van der Waals surface area contributed by atoms with Crippen molar-refractivity contribution in [2.24, 2.45) is 11.8 Å². The lowest BCUT2D eigenvalue weighted by atomic mass is 9.90. The fourth-order valence-corrected chi connectivity index (χ4v) is 4.89. The van der Waals surface area contributed by atoms with E-state index < -0.39 is 11.5 Å². The number of aliphatic carboxylic acids is 1. The molecule has 2 aliphatic carbocycles. The molecule has 2 saturated carbocycles. The second kappa shape index (κ2) is 5.83. The third-order valence-corrected chi connectivity index (χ3v) is 6.06. The lowest BCUT2D eigenvalue weighted by Crippen LogP contribution is -2.55. The van der Waals surface area contributed by atoms with Crippen LogP contribution in [0.15, 0.2) is 0 Å². The number of carboxylic acids is 1. The summed E-state index contributed by atoms with van der Waals surface area (Å²) in [5, 5.41) is 13.3. The van der Waals surface area contributed by atoms with Gasteiger partial charge in [-0.1, -0.05) is 19.8 Å². The molecule has 2 rings (SSSR count). The van der Waals surface area contributed by atoms with E-state index in [-0.39, 0.29) is 0 Å². The fraction of sp³-hybridized carbons (Fsp3) is 0.929. The molecule has 4 heteroatoms. The van der Waals surface area contributed by atoms with Crippen molar-refractivity contribution in [3.8, 4) is 0 Å². The van der Waals surface area contributed by atoms with E-state index in [0.29, 0.717) is 11.2 Å². The van der Waals surface area contributed by atoms with E-state index in [0.717, 1.165) is 24.5 Å². The number of hydrogen-bond donors (Lipinski definition) is 2. The molecule has 2 aliphatic rings. The molecule has 3 nitrogen and oxygen atoms in total. The molecule has 3 atom stereocenters. The van der Waals surface area contributed by atoms with E-state index in [4.69, 9.17) is 0 Å². The van der Waals surface area contributed by atoms with Crippen LogP contribution in [0, 0.1) is 11.8 Å². The normalized spacial score (nSPS) is 31.9. The Labute approximate surface area is 114 Å². The number of thioether (sulfide) groups is 1. The van der Waals surface area contributed by atoms with Gasteiger partial charge in [0.25, 0.3) is 0 Å². The molecule has 0 aliphatic heterocycles. The molecule has 18 heavy (non-hydrogen) atoms. The first kappa shape index (κ1) is 14.2. The van der Waals surface area contributed by atoms with Crippen molar-refractivity contribution in [3.05, 3.63) is 0 Å². The van der Waals surface area contributed by atoms with E-state index >= 15 is 0 Å². The van der Waals surface area contributed by atoms with Gasteiger partial charge in [0, 0.05) is 11.0 Å². The number of rotatable bonds is 6. The number of hydrogen-bond acceptors (Lipinski definition) is 3. The van der Waals surface area contributed by atoms with Crippen LogP contribution < -0.4 is 5.32 Å². The first-order valence-corrected chi connectivity index (χ1v) is 8.17. The van der Waals surface area contributed by atoms with Gasteiger partial charge >= 0.3 is 5.97 Å². The number of carboxylic acid groups (broad SMARTS) is 1. The van der Waals surface area contributed by atoms with E-state index in [1.165, 1.54) is 25.7 Å². The topological polar surface area (TPSA) is 49.3 Å². The Morgan fingerprint density at radius 3 is 2.61 bits per heavy atom. The number of carbonyl (C=O) groups is 1. The average molecular weight is 271 g/mol. The Morgan fingerprint density at radius 2 is 2.11 bits per heavy atom. The minimum absolute atomic E-state index is 0.341. The molecule has 3 unspecified atom stereocenters. The number of likely N-dealkylation sites (N-methyl/N-ethyl adjacent to an activating group) is 1. The highest BCUT2D eigenvalue weighted by atomic mass is 32.2. The van der Waals surface area contributed by atoms with E-state index in [1.807, 2.05) is 11.8 Å². The van der Waals surface area contributed by atoms with E-state index in [1.54, 1.807) is 7.05 Å². The van der Waals surface area contributed by atoms with Crippen molar-refractivity contribution < 1.29 is 9.90 Å². The van der Waals surface area contributed by atoms with Gasteiger partial charge in [-0.15, -0.1) is 0 Å². The lowest BCUT2D eigenvalue weighted by Gasteiger charge is -2.32. The maximum Gasteiger partial charge on any atom is 0.325 e. The predicted octanol–water partition coefficient (Wildman–Crippen LogP) is 2.75. The zero-order chi connectivity index (χ0) is 13.2. The van der Waals surface area contributed by atoms with Crippen LogP contribution in [-0.4, -0.2) is 34.7 Å². The van der Waals surface area contributed by atoms with E-state index in [2.05, 4.69) is 12.2 Å². The summed E-state index contributed by atoms with van der Waals surface area (Å²) in [5.74, 6) is 1.21. The molecular formula is C14H25NO2S. The van der Waals surface area contributed by atoms with Crippen LogP contribution in [0.3, 0.4) is 0 Å². The maximum absolute atomic E-state index is 11.6. The molecule has 0 heterocycles. The van der Waals surface area contributed by atoms with Crippen LogP contribution in [-0.2, 0) is 4.79 Å². The van der Waals surface area contributed by atoms with Gasteiger partial charge in [-0.05, 0) is 44.6 Å². The summed E-state index contributed by atoms with van der Waals surface area (Å²) in [7, 11) is 1.80. The molecule has 104 valence electrons. The van der Waals surface area contributed by atoms with Crippen LogP contribution in [0.1, 0.15) is 45.4 Å². The van der Waals surface area contributed by atoms with Crippen molar-refractivity contribution in [1.82, 2.24) is 5.32 Å². The maximum atomic E-state index is 11.6. The summed E-state index contributed by atoms with van der Waals surface area (Å²) in [6.45, 7) is 2.32. The first-order chi connectivity index (χ1) is 8.58. The minimum atomic E-state index is -0.675. The lowest BCUT2D eigenvalue weighted by molar-refractivity contribution is -0.144. The second-order valence-corrected chi connectivity index (χ2v) is 7.29. The summed E-state index contributed by atoms with van der Waals surface area (Å²) in [6.07, 6.45) is 7.30. The zero-order valence-corrected chi connectivity index (χ0v) is 12.3. The standard InChI is InChI=1S/C14H25NO2S/c1-10-4-3-5-12(8-10)18-9-14(15-2,13(16)17)11-6-7-11/h10-12,15H,3-9H2,1-2H3,(H,16,17). The highest BCUT2D eigenvalue weighted by Gasteiger charge is 2.50. The summed E-state index contributed by atoms with van der Waals surface area (Å²) in [6, 6.07) is 0. The van der Waals surface area contributed by atoms with Crippen LogP contribution >= 0.6 is 11.8 Å². The van der Waals surface area contributed by atoms with Gasteiger partial charge in [-0.3, -0.25) is 4.79 Å². The van der Waals surface area contributed by atoms with E-state index in [9.17, 15) is 9.90 Å². The molecule has 0 radical (unpaired) electrons. The minimum Gasteiger partial charge on any atom is -0.480 e. The molecule has 2 fully saturated rings. The van der Waals surface area contributed by atoms with Crippen LogP contribution in [0.2, 0.25) is 0 Å². The van der Waals surface area contributed by atoms with Crippen molar-refractivity contribution in [2.45, 2.75) is 56.2 Å². The third-order valence-electron chi connectivity index (χ3n) is 4.54. The molecule has 0 spiro atoms. The molecule has 0 aromatic carbocycles. The quantitative estimate of drug-likeness (QED) is 0.780. The SMILES string of the molecule is CNC(CSC1CCCC(C)C1)(C(=O)O)C1CC1. The predicted molar refractivity (Wildman–Crippen MR) is 76.0 cm³/mol. The smallest absolute Gasteiger partial charge is 0.325 e. The monoisotopic (exact) mass is 271 g/mol. The second-order valence-electron chi connectivity index (χ2n) is 6.01. The third kappa shape index (κ3) is 3.02. The van der Waals surface area contributed by atoms with Gasteiger partial charge in [-0.25, -0.2) is 0 Å². The van der Waals surface area contributed by atoms with Gasteiger partial charge in [0.05, 0.1) is 0 Å². The Kier molecular flexibility index (Phi) is 4.59. The molecule has 0 amide bonds. The largest absolute Gasteiger partial charge is 0.480 e. The van der Waals surface area contributed by atoms with Crippen LogP contribution in [0.5, 0.6) is 0 Å². The van der Waals surface area contributed by atoms with Crippen LogP contribution in [0.25, 0.3) is 0 Å². The van der Waals surface area contributed by atoms with Crippen molar-refractivity contribution in [1.29, 1.82) is 0 Å². The Bertz CT molecular complexity index is 306. The molecular weight excluding hydrogens is 246 g/mol. The van der Waals surface area contributed by atoms with Gasteiger partial charge in [-0.2, -0.15) is 11.8 Å². The highest BCUT2D eigenvalue weighted by Crippen LogP contribution is 2.43. The number of nitrogens with one attached hydrogen (secondary N) is 1. The Morgan fingerprint density at radius 1 is 1.39 bits per heavy atom. The van der Waals surface area contributed by atoms with Crippen molar-refractivity contribution in [3.63, 3.8) is 0 Å². The van der Waals surface area contributed by atoms with Crippen molar-refractivity contribution >= 4 is 17.7 Å². The average Bonchev–Trinajstić information content (AvgIpc) is 3.15. The summed E-state index contributed by atoms with van der Waals surface area (Å²) in [5.41, 5.74) is -0.675. The molecule has 0 saturated heterocycles. The molecule has 0 aromatic rings. The molecule has 0 aromatic heterocycles. The molecule has 2 N–H and O–H groups in total.